The fraction of sp³-hybridized carbons (Fsp3) is 0.308. The Kier molecular flexibility index (Phi) is 6.86. The number of amides is 2. The van der Waals surface area contributed by atoms with Crippen LogP contribution in [0.1, 0.15) is 46.9 Å². The summed E-state index contributed by atoms with van der Waals surface area (Å²) in [5.74, 6) is -2.06. The number of hydrogen-bond acceptors (Lipinski definition) is 5. The van der Waals surface area contributed by atoms with Crippen molar-refractivity contribution in [2.24, 2.45) is 13.0 Å². The zero-order valence-electron chi connectivity index (χ0n) is 19.8. The fourth-order valence-electron chi connectivity index (χ4n) is 4.36. The molecule has 9 nitrogen and oxygen atoms in total. The van der Waals surface area contributed by atoms with Crippen molar-refractivity contribution >= 4 is 18.0 Å². The number of benzene rings is 2. The number of carboxylic acids is 1. The van der Waals surface area contributed by atoms with Gasteiger partial charge in [0.05, 0.1) is 24.4 Å². The molecule has 1 aliphatic rings. The summed E-state index contributed by atoms with van der Waals surface area (Å²) in [5.41, 5.74) is 4.96. The molecule has 0 spiro atoms. The third kappa shape index (κ3) is 4.89. The van der Waals surface area contributed by atoms with E-state index in [1.807, 2.05) is 36.4 Å². The van der Waals surface area contributed by atoms with Crippen molar-refractivity contribution in [2.45, 2.75) is 32.4 Å². The van der Waals surface area contributed by atoms with Crippen molar-refractivity contribution in [1.29, 1.82) is 0 Å². The van der Waals surface area contributed by atoms with E-state index in [4.69, 9.17) is 4.74 Å². The SMILES string of the molecule is CC(NC(=O)OCC1c2ccccc2-c2ccccc21)C(C)C(=O)NCc1c(C(=O)O)cnn1C. The van der Waals surface area contributed by atoms with Crippen LogP contribution in [-0.4, -0.2) is 45.5 Å². The van der Waals surface area contributed by atoms with Gasteiger partial charge in [0.15, 0.2) is 0 Å². The average molecular weight is 477 g/mol. The van der Waals surface area contributed by atoms with E-state index in [-0.39, 0.29) is 30.5 Å². The number of carbonyl (C=O) groups excluding carboxylic acids is 2. The van der Waals surface area contributed by atoms with Crippen molar-refractivity contribution in [3.05, 3.63) is 77.1 Å². The van der Waals surface area contributed by atoms with Gasteiger partial charge in [-0.05, 0) is 29.2 Å². The number of nitrogens with zero attached hydrogens (tertiary/aromatic N) is 2. The molecule has 0 saturated carbocycles. The summed E-state index contributed by atoms with van der Waals surface area (Å²) in [6, 6.07) is 15.7. The molecule has 2 aromatic carbocycles. The van der Waals surface area contributed by atoms with Gasteiger partial charge in [-0.2, -0.15) is 5.10 Å². The van der Waals surface area contributed by atoms with Crippen LogP contribution in [0.5, 0.6) is 0 Å². The number of aromatic carboxylic acids is 1. The summed E-state index contributed by atoms with van der Waals surface area (Å²) in [6.45, 7) is 3.61. The van der Waals surface area contributed by atoms with E-state index in [1.165, 1.54) is 10.9 Å². The Morgan fingerprint density at radius 3 is 2.26 bits per heavy atom. The van der Waals surface area contributed by atoms with E-state index in [0.29, 0.717) is 5.69 Å². The van der Waals surface area contributed by atoms with Crippen molar-refractivity contribution in [2.75, 3.05) is 6.61 Å². The summed E-state index contributed by atoms with van der Waals surface area (Å²) in [4.78, 5) is 36.5. The molecule has 2 atom stereocenters. The van der Waals surface area contributed by atoms with Crippen LogP contribution in [0.2, 0.25) is 0 Å². The van der Waals surface area contributed by atoms with Crippen molar-refractivity contribution in [3.8, 4) is 11.1 Å². The number of aryl methyl sites for hydroxylation is 1. The fourth-order valence-corrected chi connectivity index (χ4v) is 4.36. The first-order valence-corrected chi connectivity index (χ1v) is 11.4. The number of alkyl carbamates (subject to hydrolysis) is 1. The third-order valence-electron chi connectivity index (χ3n) is 6.57. The maximum Gasteiger partial charge on any atom is 0.407 e. The van der Waals surface area contributed by atoms with Crippen molar-refractivity contribution in [3.63, 3.8) is 0 Å². The molecule has 0 saturated heterocycles. The van der Waals surface area contributed by atoms with Crippen molar-refractivity contribution in [1.82, 2.24) is 20.4 Å². The maximum absolute atomic E-state index is 12.6. The van der Waals surface area contributed by atoms with E-state index < -0.39 is 24.0 Å². The average Bonchev–Trinajstić information content (AvgIpc) is 3.38. The minimum Gasteiger partial charge on any atom is -0.478 e. The first-order chi connectivity index (χ1) is 16.8. The first-order valence-electron chi connectivity index (χ1n) is 11.4. The Morgan fingerprint density at radius 1 is 1.06 bits per heavy atom. The second-order valence-corrected chi connectivity index (χ2v) is 8.70. The molecule has 1 aliphatic carbocycles. The van der Waals surface area contributed by atoms with Crippen LogP contribution in [0.15, 0.2) is 54.7 Å². The number of carbonyl (C=O) groups is 3. The molecular weight excluding hydrogens is 448 g/mol. The molecule has 4 rings (SSSR count). The summed E-state index contributed by atoms with van der Waals surface area (Å²) in [6.07, 6.45) is 0.646. The van der Waals surface area contributed by atoms with Gasteiger partial charge in [0.1, 0.15) is 12.2 Å². The first kappa shape index (κ1) is 24.0. The number of rotatable bonds is 8. The Labute approximate surface area is 203 Å². The van der Waals surface area contributed by atoms with Crippen molar-refractivity contribution < 1.29 is 24.2 Å². The Morgan fingerprint density at radius 2 is 1.66 bits per heavy atom. The number of carboxylic acid groups (broad SMARTS) is 1. The van der Waals surface area contributed by atoms with Gasteiger partial charge in [-0.25, -0.2) is 9.59 Å². The van der Waals surface area contributed by atoms with Gasteiger partial charge in [-0.1, -0.05) is 55.5 Å². The van der Waals surface area contributed by atoms with Gasteiger partial charge in [-0.3, -0.25) is 9.48 Å². The predicted molar refractivity (Wildman–Crippen MR) is 129 cm³/mol. The number of fused-ring (bicyclic) bond motifs is 3. The smallest absolute Gasteiger partial charge is 0.407 e. The molecule has 3 N–H and O–H groups in total. The molecule has 182 valence electrons. The standard InChI is InChI=1S/C26H28N4O5/c1-15(24(31)27-13-23-21(25(32)33)12-28-30(23)3)16(2)29-26(34)35-14-22-19-10-6-4-8-17(19)18-9-5-7-11-20(18)22/h4-12,15-16,22H,13-14H2,1-3H3,(H,27,31)(H,29,34)(H,32,33). The highest BCUT2D eigenvalue weighted by Gasteiger charge is 2.30. The highest BCUT2D eigenvalue weighted by atomic mass is 16.5. The molecular formula is C26H28N4O5. The minimum atomic E-state index is -1.11. The molecule has 2 amide bonds. The molecule has 1 heterocycles. The number of ether oxygens (including phenoxy) is 1. The summed E-state index contributed by atoms with van der Waals surface area (Å²) in [5, 5.41) is 18.6. The van der Waals surface area contributed by atoms with Gasteiger partial charge < -0.3 is 20.5 Å². The van der Waals surface area contributed by atoms with Crippen LogP contribution in [0.4, 0.5) is 4.79 Å². The van der Waals surface area contributed by atoms with E-state index >= 15 is 0 Å². The molecule has 2 unspecified atom stereocenters. The van der Waals surface area contributed by atoms with E-state index in [9.17, 15) is 19.5 Å². The summed E-state index contributed by atoms with van der Waals surface area (Å²) in [7, 11) is 1.61. The Balaban J connectivity index is 1.31. The molecule has 0 radical (unpaired) electrons. The second-order valence-electron chi connectivity index (χ2n) is 8.70. The van der Waals surface area contributed by atoms with Gasteiger partial charge >= 0.3 is 12.1 Å². The van der Waals surface area contributed by atoms with E-state index in [1.54, 1.807) is 20.9 Å². The van der Waals surface area contributed by atoms with Crippen LogP contribution in [0.25, 0.3) is 11.1 Å². The van der Waals surface area contributed by atoms with Crippen LogP contribution >= 0.6 is 0 Å². The zero-order chi connectivity index (χ0) is 25.1. The third-order valence-corrected chi connectivity index (χ3v) is 6.57. The number of nitrogens with one attached hydrogen (secondary N) is 2. The summed E-state index contributed by atoms with van der Waals surface area (Å²) >= 11 is 0. The molecule has 1 aromatic heterocycles. The van der Waals surface area contributed by atoms with Gasteiger partial charge in [0.25, 0.3) is 0 Å². The van der Waals surface area contributed by atoms with E-state index in [0.717, 1.165) is 22.3 Å². The maximum atomic E-state index is 12.6. The summed E-state index contributed by atoms with van der Waals surface area (Å²) < 4.78 is 6.97. The lowest BCUT2D eigenvalue weighted by molar-refractivity contribution is -0.125. The normalized spacial score (nSPS) is 13.9. The quantitative estimate of drug-likeness (QED) is 0.459. The molecule has 0 bridgehead atoms. The van der Waals surface area contributed by atoms with Gasteiger partial charge in [-0.15, -0.1) is 0 Å². The molecule has 0 aliphatic heterocycles. The highest BCUT2D eigenvalue weighted by molar-refractivity contribution is 5.89. The highest BCUT2D eigenvalue weighted by Crippen LogP contribution is 2.44. The second kappa shape index (κ2) is 10.0. The molecule has 0 fully saturated rings. The van der Waals surface area contributed by atoms with Crippen LogP contribution < -0.4 is 10.6 Å². The topological polar surface area (TPSA) is 123 Å². The minimum absolute atomic E-state index is 0.0129. The predicted octanol–water partition coefficient (Wildman–Crippen LogP) is 3.30. The van der Waals surface area contributed by atoms with E-state index in [2.05, 4.69) is 27.9 Å². The zero-order valence-corrected chi connectivity index (χ0v) is 19.8. The lowest BCUT2D eigenvalue weighted by atomic mass is 9.98. The number of hydrogen-bond donors (Lipinski definition) is 3. The lowest BCUT2D eigenvalue weighted by Gasteiger charge is -2.21. The largest absolute Gasteiger partial charge is 0.478 e. The van der Waals surface area contributed by atoms with Gasteiger partial charge in [0, 0.05) is 19.0 Å². The molecule has 35 heavy (non-hydrogen) atoms. The van der Waals surface area contributed by atoms with Crippen LogP contribution in [0, 0.1) is 5.92 Å². The Bertz CT molecular complexity index is 1220. The lowest BCUT2D eigenvalue weighted by Crippen LogP contribution is -2.44. The van der Waals surface area contributed by atoms with Crippen LogP contribution in [-0.2, 0) is 23.1 Å². The van der Waals surface area contributed by atoms with Gasteiger partial charge in [0.2, 0.25) is 5.91 Å². The molecule has 3 aromatic rings. The monoisotopic (exact) mass is 476 g/mol. The Hall–Kier alpha value is -4.14. The van der Waals surface area contributed by atoms with Crippen LogP contribution in [0.3, 0.4) is 0 Å². The number of aromatic nitrogens is 2. The molecule has 9 heteroatoms.